The van der Waals surface area contributed by atoms with Gasteiger partial charge >= 0.3 is 0 Å². The van der Waals surface area contributed by atoms with E-state index in [1.54, 1.807) is 30.0 Å². The fourth-order valence-electron chi connectivity index (χ4n) is 2.76. The van der Waals surface area contributed by atoms with Crippen LogP contribution >= 0.6 is 11.8 Å². The molecular weight excluding hydrogens is 376 g/mol. The molecule has 0 saturated carbocycles. The molecule has 0 radical (unpaired) electrons. The van der Waals surface area contributed by atoms with Crippen molar-refractivity contribution in [2.45, 2.75) is 24.4 Å². The Bertz CT molecular complexity index is 1000. The number of fused-ring (bicyclic) bond motifs is 1. The normalized spacial score (nSPS) is 12.2. The molecule has 0 spiro atoms. The van der Waals surface area contributed by atoms with Crippen LogP contribution in [-0.4, -0.2) is 27.5 Å². The Morgan fingerprint density at radius 3 is 2.75 bits per heavy atom. The summed E-state index contributed by atoms with van der Waals surface area (Å²) in [4.78, 5) is 12.4. The van der Waals surface area contributed by atoms with Gasteiger partial charge in [0.05, 0.1) is 6.54 Å². The summed E-state index contributed by atoms with van der Waals surface area (Å²) in [6.07, 6.45) is 0. The molecule has 0 fully saturated rings. The second kappa shape index (κ2) is 7.93. The molecule has 1 amide bonds. The van der Waals surface area contributed by atoms with Crippen LogP contribution in [0.2, 0.25) is 0 Å². The third-order valence-corrected chi connectivity index (χ3v) is 5.55. The van der Waals surface area contributed by atoms with Gasteiger partial charge in [0.15, 0.2) is 22.5 Å². The summed E-state index contributed by atoms with van der Waals surface area (Å²) in [5.41, 5.74) is 2.99. The second-order valence-corrected chi connectivity index (χ2v) is 7.43. The Morgan fingerprint density at radius 1 is 1.14 bits per heavy atom. The number of rotatable bonds is 6. The van der Waals surface area contributed by atoms with Crippen molar-refractivity contribution in [1.82, 2.24) is 20.1 Å². The van der Waals surface area contributed by atoms with Crippen molar-refractivity contribution in [2.24, 2.45) is 7.05 Å². The maximum Gasteiger partial charge on any atom is 0.251 e. The minimum absolute atomic E-state index is 0.183. The molecule has 0 atom stereocenters. The fourth-order valence-corrected chi connectivity index (χ4v) is 3.64. The minimum Gasteiger partial charge on any atom is -0.454 e. The first-order valence-corrected chi connectivity index (χ1v) is 9.83. The summed E-state index contributed by atoms with van der Waals surface area (Å²) in [6.45, 7) is 2.55. The van der Waals surface area contributed by atoms with Crippen molar-refractivity contribution in [2.75, 3.05) is 6.79 Å². The summed E-state index contributed by atoms with van der Waals surface area (Å²) in [6, 6.07) is 13.6. The Kier molecular flexibility index (Phi) is 5.21. The maximum atomic E-state index is 12.4. The molecule has 0 unspecified atom stereocenters. The predicted octanol–water partition coefficient (Wildman–Crippen LogP) is 3.07. The number of hydrogen-bond acceptors (Lipinski definition) is 6. The van der Waals surface area contributed by atoms with Crippen LogP contribution in [-0.2, 0) is 19.3 Å². The maximum absolute atomic E-state index is 12.4. The minimum atomic E-state index is -0.199. The lowest BCUT2D eigenvalue weighted by atomic mass is 10.2. The zero-order chi connectivity index (χ0) is 19.5. The number of ether oxygens (including phenoxy) is 2. The number of hydrogen-bond donors (Lipinski definition) is 1. The molecule has 4 rings (SSSR count). The first-order chi connectivity index (χ1) is 13.6. The standard InChI is InChI=1S/C20H20N4O3S/c1-13-3-5-14(6-4-13)11-28-20-23-22-18(24(20)2)10-21-19(25)15-7-8-16-17(9-15)27-12-26-16/h3-9H,10-12H2,1-2H3,(H,21,25). The van der Waals surface area contributed by atoms with E-state index in [4.69, 9.17) is 9.47 Å². The lowest BCUT2D eigenvalue weighted by Crippen LogP contribution is -2.24. The lowest BCUT2D eigenvalue weighted by molar-refractivity contribution is 0.0949. The van der Waals surface area contributed by atoms with Gasteiger partial charge in [0.2, 0.25) is 6.79 Å². The fraction of sp³-hybridized carbons (Fsp3) is 0.250. The molecule has 8 heteroatoms. The predicted molar refractivity (Wildman–Crippen MR) is 105 cm³/mol. The van der Waals surface area contributed by atoms with E-state index in [2.05, 4.69) is 46.7 Å². The average Bonchev–Trinajstić information content (AvgIpc) is 3.31. The molecule has 7 nitrogen and oxygen atoms in total. The highest BCUT2D eigenvalue weighted by molar-refractivity contribution is 7.98. The van der Waals surface area contributed by atoms with Crippen molar-refractivity contribution >= 4 is 17.7 Å². The van der Waals surface area contributed by atoms with Crippen LogP contribution in [0.1, 0.15) is 27.3 Å². The van der Waals surface area contributed by atoms with Crippen molar-refractivity contribution < 1.29 is 14.3 Å². The van der Waals surface area contributed by atoms with Crippen LogP contribution in [0, 0.1) is 6.92 Å². The Balaban J connectivity index is 1.35. The van der Waals surface area contributed by atoms with Gasteiger partial charge in [-0.25, -0.2) is 0 Å². The quantitative estimate of drug-likeness (QED) is 0.645. The van der Waals surface area contributed by atoms with Crippen LogP contribution in [0.15, 0.2) is 47.6 Å². The number of aryl methyl sites for hydroxylation is 1. The zero-order valence-corrected chi connectivity index (χ0v) is 16.5. The molecule has 0 aliphatic carbocycles. The van der Waals surface area contributed by atoms with E-state index in [1.807, 2.05) is 11.6 Å². The summed E-state index contributed by atoms with van der Waals surface area (Å²) in [7, 11) is 1.90. The Hall–Kier alpha value is -3.00. The molecule has 1 aromatic heterocycles. The molecular formula is C20H20N4O3S. The van der Waals surface area contributed by atoms with Crippen molar-refractivity contribution in [1.29, 1.82) is 0 Å². The van der Waals surface area contributed by atoms with Crippen LogP contribution in [0.5, 0.6) is 11.5 Å². The van der Waals surface area contributed by atoms with Gasteiger partial charge < -0.3 is 19.4 Å². The molecule has 1 aliphatic rings. The lowest BCUT2D eigenvalue weighted by Gasteiger charge is -2.07. The summed E-state index contributed by atoms with van der Waals surface area (Å²) >= 11 is 1.62. The van der Waals surface area contributed by atoms with Crippen molar-refractivity contribution in [3.8, 4) is 11.5 Å². The molecule has 28 heavy (non-hydrogen) atoms. The number of benzene rings is 2. The number of carbonyl (C=O) groups is 1. The van der Waals surface area contributed by atoms with Gasteiger partial charge in [0, 0.05) is 18.4 Å². The first-order valence-electron chi connectivity index (χ1n) is 8.84. The summed E-state index contributed by atoms with van der Waals surface area (Å²) in [5, 5.41) is 12.1. The van der Waals surface area contributed by atoms with Gasteiger partial charge in [-0.3, -0.25) is 4.79 Å². The number of nitrogens with one attached hydrogen (secondary N) is 1. The number of carbonyl (C=O) groups excluding carboxylic acids is 1. The second-order valence-electron chi connectivity index (χ2n) is 6.48. The average molecular weight is 396 g/mol. The third-order valence-electron chi connectivity index (χ3n) is 4.46. The number of nitrogens with zero attached hydrogens (tertiary/aromatic N) is 3. The molecule has 2 aromatic carbocycles. The highest BCUT2D eigenvalue weighted by atomic mass is 32.2. The number of amides is 1. The SMILES string of the molecule is Cc1ccc(CSc2nnc(CNC(=O)c3ccc4c(c3)OCO4)n2C)cc1. The van der Waals surface area contributed by atoms with E-state index in [-0.39, 0.29) is 12.7 Å². The van der Waals surface area contributed by atoms with Crippen molar-refractivity contribution in [3.63, 3.8) is 0 Å². The largest absolute Gasteiger partial charge is 0.454 e. The summed E-state index contributed by atoms with van der Waals surface area (Å²) in [5.74, 6) is 2.55. The van der Waals surface area contributed by atoms with E-state index < -0.39 is 0 Å². The molecule has 3 aromatic rings. The van der Waals surface area contributed by atoms with Gasteiger partial charge in [0.1, 0.15) is 0 Å². The van der Waals surface area contributed by atoms with E-state index in [0.29, 0.717) is 29.4 Å². The van der Waals surface area contributed by atoms with Crippen LogP contribution in [0.3, 0.4) is 0 Å². The highest BCUT2D eigenvalue weighted by Gasteiger charge is 2.17. The number of thioether (sulfide) groups is 1. The topological polar surface area (TPSA) is 78.3 Å². The van der Waals surface area contributed by atoms with Crippen LogP contribution in [0.25, 0.3) is 0 Å². The van der Waals surface area contributed by atoms with E-state index in [9.17, 15) is 4.79 Å². The molecule has 2 heterocycles. The highest BCUT2D eigenvalue weighted by Crippen LogP contribution is 2.32. The van der Waals surface area contributed by atoms with Crippen LogP contribution < -0.4 is 14.8 Å². The van der Waals surface area contributed by atoms with Gasteiger partial charge in [-0.15, -0.1) is 10.2 Å². The van der Waals surface area contributed by atoms with E-state index in [1.165, 1.54) is 11.1 Å². The molecule has 1 aliphatic heterocycles. The van der Waals surface area contributed by atoms with Gasteiger partial charge in [-0.1, -0.05) is 41.6 Å². The Morgan fingerprint density at radius 2 is 1.93 bits per heavy atom. The van der Waals surface area contributed by atoms with E-state index in [0.717, 1.165) is 10.9 Å². The number of aromatic nitrogens is 3. The summed E-state index contributed by atoms with van der Waals surface area (Å²) < 4.78 is 12.5. The van der Waals surface area contributed by atoms with Crippen LogP contribution in [0.4, 0.5) is 0 Å². The zero-order valence-electron chi connectivity index (χ0n) is 15.6. The van der Waals surface area contributed by atoms with E-state index >= 15 is 0 Å². The molecule has 0 bridgehead atoms. The molecule has 1 N–H and O–H groups in total. The molecule has 144 valence electrons. The smallest absolute Gasteiger partial charge is 0.251 e. The molecule has 0 saturated heterocycles. The third kappa shape index (κ3) is 3.96. The van der Waals surface area contributed by atoms with Gasteiger partial charge in [-0.05, 0) is 30.7 Å². The monoisotopic (exact) mass is 396 g/mol. The van der Waals surface area contributed by atoms with Gasteiger partial charge in [-0.2, -0.15) is 0 Å². The Labute approximate surface area is 167 Å². The van der Waals surface area contributed by atoms with Crippen molar-refractivity contribution in [3.05, 3.63) is 65.0 Å². The first kappa shape index (κ1) is 18.4. The van der Waals surface area contributed by atoms with Gasteiger partial charge in [0.25, 0.3) is 5.91 Å².